The van der Waals surface area contributed by atoms with Gasteiger partial charge in [-0.25, -0.2) is 0 Å². The topological polar surface area (TPSA) is 64.6 Å². The van der Waals surface area contributed by atoms with Crippen molar-refractivity contribution in [3.63, 3.8) is 0 Å². The standard InChI is InChI=1S/C18H27N3O2/c22-17-5-3-16(4-6-17)20-18(23)15-7-10-21(11-8-15)13-14-2-1-9-19-12-14/h3-6,14-15,19,22H,1-2,7-13H2,(H,20,23). The molecule has 5 heteroatoms. The first kappa shape index (κ1) is 16.3. The summed E-state index contributed by atoms with van der Waals surface area (Å²) in [6.45, 7) is 5.50. The van der Waals surface area contributed by atoms with Gasteiger partial charge in [-0.3, -0.25) is 4.79 Å². The molecule has 0 spiro atoms. The van der Waals surface area contributed by atoms with Crippen LogP contribution in [0.3, 0.4) is 0 Å². The van der Waals surface area contributed by atoms with Crippen LogP contribution >= 0.6 is 0 Å². The predicted molar refractivity (Wildman–Crippen MR) is 91.5 cm³/mol. The minimum Gasteiger partial charge on any atom is -0.508 e. The molecule has 5 nitrogen and oxygen atoms in total. The van der Waals surface area contributed by atoms with Crippen molar-refractivity contribution in [2.75, 3.05) is 38.0 Å². The first-order chi connectivity index (χ1) is 11.2. The van der Waals surface area contributed by atoms with E-state index in [4.69, 9.17) is 0 Å². The number of hydrogen-bond donors (Lipinski definition) is 3. The molecule has 0 bridgehead atoms. The highest BCUT2D eigenvalue weighted by atomic mass is 16.3. The Morgan fingerprint density at radius 1 is 1.22 bits per heavy atom. The van der Waals surface area contributed by atoms with Gasteiger partial charge in [-0.05, 0) is 82.0 Å². The van der Waals surface area contributed by atoms with Gasteiger partial charge in [0.25, 0.3) is 0 Å². The van der Waals surface area contributed by atoms with Crippen molar-refractivity contribution in [1.82, 2.24) is 10.2 Å². The summed E-state index contributed by atoms with van der Waals surface area (Å²) in [5.74, 6) is 1.19. The summed E-state index contributed by atoms with van der Waals surface area (Å²) < 4.78 is 0. The number of hydrogen-bond acceptors (Lipinski definition) is 4. The predicted octanol–water partition coefficient (Wildman–Crippen LogP) is 2.04. The van der Waals surface area contributed by atoms with E-state index in [1.807, 2.05) is 0 Å². The van der Waals surface area contributed by atoms with E-state index >= 15 is 0 Å². The van der Waals surface area contributed by atoms with Crippen molar-refractivity contribution in [3.05, 3.63) is 24.3 Å². The molecule has 0 aliphatic carbocycles. The third kappa shape index (κ3) is 4.69. The number of aromatic hydroxyl groups is 1. The lowest BCUT2D eigenvalue weighted by atomic mass is 9.93. The Bertz CT molecular complexity index is 504. The number of anilines is 1. The van der Waals surface area contributed by atoms with Crippen molar-refractivity contribution < 1.29 is 9.90 Å². The molecule has 1 aromatic rings. The number of nitrogens with zero attached hydrogens (tertiary/aromatic N) is 1. The molecule has 1 unspecified atom stereocenters. The monoisotopic (exact) mass is 317 g/mol. The fourth-order valence-corrected chi connectivity index (χ4v) is 3.61. The maximum atomic E-state index is 12.3. The summed E-state index contributed by atoms with van der Waals surface area (Å²) in [5.41, 5.74) is 0.753. The maximum absolute atomic E-state index is 12.3. The molecule has 126 valence electrons. The highest BCUT2D eigenvalue weighted by Gasteiger charge is 2.26. The number of phenols is 1. The Hall–Kier alpha value is -1.59. The quantitative estimate of drug-likeness (QED) is 0.744. The van der Waals surface area contributed by atoms with Crippen LogP contribution in [-0.4, -0.2) is 48.6 Å². The van der Waals surface area contributed by atoms with Crippen LogP contribution in [0.25, 0.3) is 0 Å². The van der Waals surface area contributed by atoms with Gasteiger partial charge >= 0.3 is 0 Å². The van der Waals surface area contributed by atoms with Gasteiger partial charge in [-0.15, -0.1) is 0 Å². The Morgan fingerprint density at radius 2 is 1.96 bits per heavy atom. The Balaban J connectivity index is 1.42. The molecule has 0 aromatic heterocycles. The summed E-state index contributed by atoms with van der Waals surface area (Å²) in [5, 5.41) is 15.7. The largest absolute Gasteiger partial charge is 0.508 e. The molecule has 1 aromatic carbocycles. The van der Waals surface area contributed by atoms with Gasteiger partial charge in [0, 0.05) is 18.2 Å². The molecule has 0 radical (unpaired) electrons. The van der Waals surface area contributed by atoms with Gasteiger partial charge in [0.1, 0.15) is 5.75 Å². The molecule has 2 saturated heterocycles. The van der Waals surface area contributed by atoms with Crippen molar-refractivity contribution >= 4 is 11.6 Å². The van der Waals surface area contributed by atoms with Crippen LogP contribution in [0.4, 0.5) is 5.69 Å². The van der Waals surface area contributed by atoms with Gasteiger partial charge in [0.05, 0.1) is 0 Å². The van der Waals surface area contributed by atoms with E-state index in [2.05, 4.69) is 15.5 Å². The van der Waals surface area contributed by atoms with Crippen LogP contribution in [-0.2, 0) is 4.79 Å². The lowest BCUT2D eigenvalue weighted by Gasteiger charge is -2.35. The van der Waals surface area contributed by atoms with Crippen molar-refractivity contribution in [1.29, 1.82) is 0 Å². The van der Waals surface area contributed by atoms with Crippen LogP contribution < -0.4 is 10.6 Å². The van der Waals surface area contributed by atoms with E-state index in [1.54, 1.807) is 24.3 Å². The van der Waals surface area contributed by atoms with E-state index in [0.717, 1.165) is 50.6 Å². The number of amides is 1. The number of likely N-dealkylation sites (tertiary alicyclic amines) is 1. The van der Waals surface area contributed by atoms with Crippen molar-refractivity contribution in [2.45, 2.75) is 25.7 Å². The number of carbonyl (C=O) groups is 1. The first-order valence-electron chi connectivity index (χ1n) is 8.73. The average Bonchev–Trinajstić information content (AvgIpc) is 2.58. The lowest BCUT2D eigenvalue weighted by Crippen LogP contribution is -2.43. The number of nitrogens with one attached hydrogen (secondary N) is 2. The second-order valence-corrected chi connectivity index (χ2v) is 6.82. The summed E-state index contributed by atoms with van der Waals surface area (Å²) in [6.07, 6.45) is 4.48. The highest BCUT2D eigenvalue weighted by molar-refractivity contribution is 5.92. The summed E-state index contributed by atoms with van der Waals surface area (Å²) >= 11 is 0. The van der Waals surface area contributed by atoms with E-state index in [1.165, 1.54) is 19.4 Å². The SMILES string of the molecule is O=C(Nc1ccc(O)cc1)C1CCN(CC2CCCNC2)CC1. The summed E-state index contributed by atoms with van der Waals surface area (Å²) in [4.78, 5) is 14.9. The molecule has 3 N–H and O–H groups in total. The third-order valence-electron chi connectivity index (χ3n) is 5.01. The molecule has 2 fully saturated rings. The Morgan fingerprint density at radius 3 is 2.61 bits per heavy atom. The van der Waals surface area contributed by atoms with E-state index < -0.39 is 0 Å². The number of piperidine rings is 2. The summed E-state index contributed by atoms with van der Waals surface area (Å²) in [7, 11) is 0. The molecule has 2 aliphatic rings. The van der Waals surface area contributed by atoms with Crippen LogP contribution in [0.5, 0.6) is 5.75 Å². The van der Waals surface area contributed by atoms with Gasteiger partial charge in [0.2, 0.25) is 5.91 Å². The number of rotatable bonds is 4. The van der Waals surface area contributed by atoms with Crippen molar-refractivity contribution in [3.8, 4) is 5.75 Å². The molecular weight excluding hydrogens is 290 g/mol. The van der Waals surface area contributed by atoms with Crippen LogP contribution in [0, 0.1) is 11.8 Å². The van der Waals surface area contributed by atoms with E-state index in [9.17, 15) is 9.90 Å². The number of phenolic OH excluding ortho intramolecular Hbond substituents is 1. The highest BCUT2D eigenvalue weighted by Crippen LogP contribution is 2.22. The smallest absolute Gasteiger partial charge is 0.227 e. The van der Waals surface area contributed by atoms with E-state index in [-0.39, 0.29) is 17.6 Å². The number of benzene rings is 1. The fourth-order valence-electron chi connectivity index (χ4n) is 3.61. The zero-order valence-electron chi connectivity index (χ0n) is 13.6. The molecule has 1 amide bonds. The molecular formula is C18H27N3O2. The van der Waals surface area contributed by atoms with Gasteiger partial charge in [-0.2, -0.15) is 0 Å². The molecule has 1 atom stereocenters. The zero-order chi connectivity index (χ0) is 16.1. The molecule has 0 saturated carbocycles. The molecule has 2 heterocycles. The van der Waals surface area contributed by atoms with Crippen molar-refractivity contribution in [2.24, 2.45) is 11.8 Å². The lowest BCUT2D eigenvalue weighted by molar-refractivity contribution is -0.121. The average molecular weight is 317 g/mol. The zero-order valence-corrected chi connectivity index (χ0v) is 13.6. The molecule has 23 heavy (non-hydrogen) atoms. The van der Waals surface area contributed by atoms with Gasteiger partial charge in [0.15, 0.2) is 0 Å². The second-order valence-electron chi connectivity index (χ2n) is 6.82. The third-order valence-corrected chi connectivity index (χ3v) is 5.01. The summed E-state index contributed by atoms with van der Waals surface area (Å²) in [6, 6.07) is 6.66. The van der Waals surface area contributed by atoms with Gasteiger partial charge in [-0.1, -0.05) is 0 Å². The Labute approximate surface area is 138 Å². The molecule has 2 aliphatic heterocycles. The first-order valence-corrected chi connectivity index (χ1v) is 8.73. The Kier molecular flexibility index (Phi) is 5.51. The maximum Gasteiger partial charge on any atom is 0.227 e. The van der Waals surface area contributed by atoms with Gasteiger partial charge < -0.3 is 20.6 Å². The molecule has 3 rings (SSSR count). The van der Waals surface area contributed by atoms with Crippen LogP contribution in [0.15, 0.2) is 24.3 Å². The minimum absolute atomic E-state index is 0.101. The second kappa shape index (κ2) is 7.79. The van der Waals surface area contributed by atoms with Crippen LogP contribution in [0.1, 0.15) is 25.7 Å². The van der Waals surface area contributed by atoms with E-state index in [0.29, 0.717) is 0 Å². The fraction of sp³-hybridized carbons (Fsp3) is 0.611. The normalized spacial score (nSPS) is 23.6. The number of carbonyl (C=O) groups excluding carboxylic acids is 1. The minimum atomic E-state index is 0.101. The van der Waals surface area contributed by atoms with Crippen LogP contribution in [0.2, 0.25) is 0 Å².